The molecule has 0 unspecified atom stereocenters. The number of fused-ring (bicyclic) bond motifs is 1. The van der Waals surface area contributed by atoms with Crippen molar-refractivity contribution in [2.75, 3.05) is 0 Å². The van der Waals surface area contributed by atoms with E-state index in [4.69, 9.17) is 9.52 Å². The van der Waals surface area contributed by atoms with Crippen LogP contribution in [-0.4, -0.2) is 5.11 Å². The van der Waals surface area contributed by atoms with Crippen molar-refractivity contribution >= 4 is 11.0 Å². The zero-order valence-corrected chi connectivity index (χ0v) is 5.95. The van der Waals surface area contributed by atoms with Crippen molar-refractivity contribution in [2.45, 2.75) is 6.61 Å². The molecule has 0 aliphatic carbocycles. The molecule has 0 fully saturated rings. The van der Waals surface area contributed by atoms with Crippen molar-refractivity contribution in [2.24, 2.45) is 0 Å². The highest BCUT2D eigenvalue weighted by Gasteiger charge is 2.00. The summed E-state index contributed by atoms with van der Waals surface area (Å²) in [6.45, 7) is 0.0326. The predicted molar refractivity (Wildman–Crippen MR) is 42.1 cm³/mol. The average molecular weight is 148 g/mol. The Morgan fingerprint density at radius 3 is 3.00 bits per heavy atom. The van der Waals surface area contributed by atoms with Crippen LogP contribution in [0.1, 0.15) is 5.56 Å². The minimum atomic E-state index is 0.0326. The fraction of sp³-hybridized carbons (Fsp3) is 0.111. The van der Waals surface area contributed by atoms with Crippen molar-refractivity contribution in [1.29, 1.82) is 0 Å². The quantitative estimate of drug-likeness (QED) is 0.670. The van der Waals surface area contributed by atoms with Gasteiger partial charge in [-0.05, 0) is 6.07 Å². The minimum Gasteiger partial charge on any atom is -0.464 e. The van der Waals surface area contributed by atoms with E-state index in [0.29, 0.717) is 0 Å². The summed E-state index contributed by atoms with van der Waals surface area (Å²) >= 11 is 0. The van der Waals surface area contributed by atoms with Crippen LogP contribution in [0.15, 0.2) is 34.9 Å². The number of aliphatic hydroxyl groups is 1. The lowest BCUT2D eigenvalue weighted by molar-refractivity contribution is 0.281. The molecule has 11 heavy (non-hydrogen) atoms. The molecule has 0 atom stereocenters. The lowest BCUT2D eigenvalue weighted by atomic mass is 10.2. The third kappa shape index (κ3) is 0.917. The van der Waals surface area contributed by atoms with E-state index in [1.54, 1.807) is 6.26 Å². The second-order valence-electron chi connectivity index (χ2n) is 2.41. The Morgan fingerprint density at radius 2 is 2.18 bits per heavy atom. The monoisotopic (exact) mass is 148 g/mol. The molecule has 0 radical (unpaired) electrons. The van der Waals surface area contributed by atoms with E-state index in [0.717, 1.165) is 16.5 Å². The summed E-state index contributed by atoms with van der Waals surface area (Å²) in [5.74, 6) is 0. The fourth-order valence-electron chi connectivity index (χ4n) is 1.18. The molecule has 1 aromatic heterocycles. The second kappa shape index (κ2) is 2.40. The molecule has 1 heterocycles. The molecule has 0 spiro atoms. The van der Waals surface area contributed by atoms with Crippen LogP contribution in [0.5, 0.6) is 0 Å². The van der Waals surface area contributed by atoms with Crippen LogP contribution in [0.3, 0.4) is 0 Å². The fourth-order valence-corrected chi connectivity index (χ4v) is 1.18. The van der Waals surface area contributed by atoms with Crippen molar-refractivity contribution in [1.82, 2.24) is 0 Å². The van der Waals surface area contributed by atoms with Crippen LogP contribution in [0.4, 0.5) is 0 Å². The summed E-state index contributed by atoms with van der Waals surface area (Å²) < 4.78 is 5.18. The van der Waals surface area contributed by atoms with E-state index in [9.17, 15) is 0 Å². The van der Waals surface area contributed by atoms with Crippen molar-refractivity contribution in [3.63, 3.8) is 0 Å². The summed E-state index contributed by atoms with van der Waals surface area (Å²) in [6, 6.07) is 7.60. The van der Waals surface area contributed by atoms with Crippen LogP contribution in [0.25, 0.3) is 11.0 Å². The number of para-hydroxylation sites is 1. The Morgan fingerprint density at radius 1 is 1.27 bits per heavy atom. The van der Waals surface area contributed by atoms with Crippen molar-refractivity contribution < 1.29 is 9.52 Å². The summed E-state index contributed by atoms with van der Waals surface area (Å²) in [7, 11) is 0. The summed E-state index contributed by atoms with van der Waals surface area (Å²) in [5.41, 5.74) is 1.63. The predicted octanol–water partition coefficient (Wildman–Crippen LogP) is 1.93. The van der Waals surface area contributed by atoms with Gasteiger partial charge in [-0.1, -0.05) is 18.2 Å². The summed E-state index contributed by atoms with van der Waals surface area (Å²) in [6.07, 6.45) is 1.63. The largest absolute Gasteiger partial charge is 0.464 e. The first-order chi connectivity index (χ1) is 5.42. The number of rotatable bonds is 1. The maximum absolute atomic E-state index is 8.89. The van der Waals surface area contributed by atoms with Gasteiger partial charge in [0, 0.05) is 10.9 Å². The molecule has 0 saturated heterocycles. The number of benzene rings is 1. The Labute approximate surface area is 64.1 Å². The van der Waals surface area contributed by atoms with Gasteiger partial charge in [-0.3, -0.25) is 0 Å². The van der Waals surface area contributed by atoms with Gasteiger partial charge < -0.3 is 9.52 Å². The number of hydrogen-bond acceptors (Lipinski definition) is 2. The third-order valence-electron chi connectivity index (χ3n) is 1.73. The molecule has 56 valence electrons. The Balaban J connectivity index is 2.79. The second-order valence-corrected chi connectivity index (χ2v) is 2.41. The van der Waals surface area contributed by atoms with Crippen LogP contribution >= 0.6 is 0 Å². The molecule has 1 aromatic carbocycles. The smallest absolute Gasteiger partial charge is 0.139 e. The maximum Gasteiger partial charge on any atom is 0.139 e. The highest BCUT2D eigenvalue weighted by Crippen LogP contribution is 2.19. The van der Waals surface area contributed by atoms with Gasteiger partial charge in [0.05, 0.1) is 12.9 Å². The molecule has 2 nitrogen and oxygen atoms in total. The van der Waals surface area contributed by atoms with Gasteiger partial charge in [0.15, 0.2) is 0 Å². The molecule has 0 bridgehead atoms. The molecule has 0 saturated carbocycles. The van der Waals surface area contributed by atoms with Crippen molar-refractivity contribution in [3.05, 3.63) is 36.1 Å². The molecule has 0 amide bonds. The van der Waals surface area contributed by atoms with E-state index in [-0.39, 0.29) is 6.61 Å². The number of aliphatic hydroxyl groups excluding tert-OH is 1. The van der Waals surface area contributed by atoms with Crippen LogP contribution in [0.2, 0.25) is 0 Å². The lowest BCUT2D eigenvalue weighted by Crippen LogP contribution is -1.81. The summed E-state index contributed by atoms with van der Waals surface area (Å²) in [5, 5.41) is 9.93. The first kappa shape index (κ1) is 6.43. The Hall–Kier alpha value is -1.28. The first-order valence-corrected chi connectivity index (χ1v) is 3.48. The van der Waals surface area contributed by atoms with Gasteiger partial charge in [-0.2, -0.15) is 0 Å². The lowest BCUT2D eigenvalue weighted by Gasteiger charge is -1.94. The van der Waals surface area contributed by atoms with Gasteiger partial charge in [-0.15, -0.1) is 0 Å². The van der Waals surface area contributed by atoms with E-state index < -0.39 is 0 Å². The molecule has 1 N–H and O–H groups in total. The molecular formula is C9H8O2. The van der Waals surface area contributed by atoms with Crippen LogP contribution in [0, 0.1) is 0 Å². The molecule has 2 rings (SSSR count). The number of hydrogen-bond donors (Lipinski definition) is 1. The summed E-state index contributed by atoms with van der Waals surface area (Å²) in [4.78, 5) is 0. The highest BCUT2D eigenvalue weighted by atomic mass is 16.3. The third-order valence-corrected chi connectivity index (χ3v) is 1.73. The molecular weight excluding hydrogens is 140 g/mol. The SMILES string of the molecule is OCc1cccc2ccoc12. The van der Waals surface area contributed by atoms with E-state index >= 15 is 0 Å². The van der Waals surface area contributed by atoms with Gasteiger partial charge in [0.2, 0.25) is 0 Å². The van der Waals surface area contributed by atoms with Crippen LogP contribution < -0.4 is 0 Å². The number of furan rings is 1. The molecule has 2 aromatic rings. The molecule has 0 aliphatic heterocycles. The van der Waals surface area contributed by atoms with E-state index in [1.807, 2.05) is 24.3 Å². The first-order valence-electron chi connectivity index (χ1n) is 3.48. The van der Waals surface area contributed by atoms with Crippen molar-refractivity contribution in [3.8, 4) is 0 Å². The average Bonchev–Trinajstić information content (AvgIpc) is 2.50. The maximum atomic E-state index is 8.89. The topological polar surface area (TPSA) is 33.4 Å². The zero-order chi connectivity index (χ0) is 7.68. The van der Waals surface area contributed by atoms with Gasteiger partial charge in [0.25, 0.3) is 0 Å². The van der Waals surface area contributed by atoms with Gasteiger partial charge in [-0.25, -0.2) is 0 Å². The Kier molecular flexibility index (Phi) is 1.40. The molecule has 0 aliphatic rings. The van der Waals surface area contributed by atoms with Gasteiger partial charge >= 0.3 is 0 Å². The standard InChI is InChI=1S/C9H8O2/c10-6-8-3-1-2-7-4-5-11-9(7)8/h1-5,10H,6H2. The van der Waals surface area contributed by atoms with E-state index in [1.165, 1.54) is 0 Å². The molecule has 2 heteroatoms. The van der Waals surface area contributed by atoms with Gasteiger partial charge in [0.1, 0.15) is 5.58 Å². The highest BCUT2D eigenvalue weighted by molar-refractivity contribution is 5.80. The minimum absolute atomic E-state index is 0.0326. The van der Waals surface area contributed by atoms with E-state index in [2.05, 4.69) is 0 Å². The zero-order valence-electron chi connectivity index (χ0n) is 5.95. The Bertz CT molecular complexity index is 362. The normalized spacial score (nSPS) is 10.6. The van der Waals surface area contributed by atoms with Crippen LogP contribution in [-0.2, 0) is 6.61 Å².